The second kappa shape index (κ2) is 9.37. The lowest BCUT2D eigenvalue weighted by Crippen LogP contribution is -2.52. The molecule has 1 aliphatic carbocycles. The summed E-state index contributed by atoms with van der Waals surface area (Å²) >= 11 is 0. The van der Waals surface area contributed by atoms with Gasteiger partial charge in [0.15, 0.2) is 0 Å². The lowest BCUT2D eigenvalue weighted by molar-refractivity contribution is -0.125. The minimum absolute atomic E-state index is 0.188. The molecule has 0 radical (unpaired) electrons. The Hall–Kier alpha value is -1.14. The SMILES string of the molecule is CCCCN(C)CC1CCN([C@@H](C)C(=O)NC(=O)NC2CC2)CC1. The maximum atomic E-state index is 12.2. The fraction of sp³-hybridized carbons (Fsp3) is 0.889. The standard InChI is InChI=1S/C18H34N4O2/c1-4-5-10-21(3)13-15-8-11-22(12-9-15)14(2)17(23)20-18(24)19-16-6-7-16/h14-16H,4-13H2,1-3H3,(H2,19,20,23,24)/t14-/m0/s1. The Morgan fingerprint density at radius 3 is 2.46 bits per heavy atom. The zero-order chi connectivity index (χ0) is 17.5. The molecule has 6 heteroatoms. The van der Waals surface area contributed by atoms with Crippen LogP contribution in [0.25, 0.3) is 0 Å². The van der Waals surface area contributed by atoms with Crippen molar-refractivity contribution in [3.05, 3.63) is 0 Å². The molecule has 0 spiro atoms. The lowest BCUT2D eigenvalue weighted by atomic mass is 9.95. The topological polar surface area (TPSA) is 64.7 Å². The highest BCUT2D eigenvalue weighted by Gasteiger charge is 2.29. The van der Waals surface area contributed by atoms with Crippen molar-refractivity contribution in [1.29, 1.82) is 0 Å². The second-order valence-electron chi connectivity index (χ2n) is 7.51. The molecule has 1 atom stereocenters. The molecular formula is C18H34N4O2. The van der Waals surface area contributed by atoms with E-state index in [0.29, 0.717) is 0 Å². The van der Waals surface area contributed by atoms with Crippen molar-refractivity contribution in [2.75, 3.05) is 33.2 Å². The van der Waals surface area contributed by atoms with Gasteiger partial charge in [0.1, 0.15) is 0 Å². The number of unbranched alkanes of at least 4 members (excludes halogenated alkanes) is 1. The van der Waals surface area contributed by atoms with E-state index in [9.17, 15) is 9.59 Å². The lowest BCUT2D eigenvalue weighted by Gasteiger charge is -2.36. The summed E-state index contributed by atoms with van der Waals surface area (Å²) in [5, 5.41) is 5.27. The van der Waals surface area contributed by atoms with Gasteiger partial charge in [-0.2, -0.15) is 0 Å². The van der Waals surface area contributed by atoms with Crippen molar-refractivity contribution < 1.29 is 9.59 Å². The average molecular weight is 338 g/mol. The molecule has 6 nitrogen and oxygen atoms in total. The van der Waals surface area contributed by atoms with Crippen LogP contribution in [0.3, 0.4) is 0 Å². The molecule has 1 saturated carbocycles. The minimum Gasteiger partial charge on any atom is -0.335 e. The number of carbonyl (C=O) groups is 2. The number of nitrogens with zero attached hydrogens (tertiary/aromatic N) is 2. The van der Waals surface area contributed by atoms with E-state index in [4.69, 9.17) is 0 Å². The highest BCUT2D eigenvalue weighted by Crippen LogP contribution is 2.20. The molecule has 0 bridgehead atoms. The van der Waals surface area contributed by atoms with Gasteiger partial charge in [-0.3, -0.25) is 15.0 Å². The predicted molar refractivity (Wildman–Crippen MR) is 95.9 cm³/mol. The van der Waals surface area contributed by atoms with E-state index in [1.165, 1.54) is 19.4 Å². The molecule has 1 aliphatic heterocycles. The summed E-state index contributed by atoms with van der Waals surface area (Å²) in [4.78, 5) is 28.5. The fourth-order valence-electron chi connectivity index (χ4n) is 3.31. The van der Waals surface area contributed by atoms with Crippen molar-refractivity contribution in [1.82, 2.24) is 20.4 Å². The maximum Gasteiger partial charge on any atom is 0.321 e. The number of piperidine rings is 1. The Balaban J connectivity index is 1.66. The van der Waals surface area contributed by atoms with Crippen LogP contribution in [0.5, 0.6) is 0 Å². The molecule has 2 rings (SSSR count). The van der Waals surface area contributed by atoms with Gasteiger partial charge in [0.25, 0.3) is 0 Å². The Bertz CT molecular complexity index is 417. The second-order valence-corrected chi connectivity index (χ2v) is 7.51. The maximum absolute atomic E-state index is 12.2. The Morgan fingerprint density at radius 2 is 1.88 bits per heavy atom. The highest BCUT2D eigenvalue weighted by atomic mass is 16.2. The van der Waals surface area contributed by atoms with E-state index in [2.05, 4.69) is 34.4 Å². The monoisotopic (exact) mass is 338 g/mol. The van der Waals surface area contributed by atoms with E-state index in [1.807, 2.05) is 6.92 Å². The normalized spacial score (nSPS) is 20.8. The van der Waals surface area contributed by atoms with Crippen LogP contribution < -0.4 is 10.6 Å². The largest absolute Gasteiger partial charge is 0.335 e. The molecule has 0 unspecified atom stereocenters. The summed E-state index contributed by atoms with van der Waals surface area (Å²) in [5.41, 5.74) is 0. The fourth-order valence-corrected chi connectivity index (χ4v) is 3.31. The number of nitrogens with one attached hydrogen (secondary N) is 2. The van der Waals surface area contributed by atoms with E-state index in [-0.39, 0.29) is 24.0 Å². The molecule has 2 N–H and O–H groups in total. The summed E-state index contributed by atoms with van der Waals surface area (Å²) < 4.78 is 0. The van der Waals surface area contributed by atoms with Crippen LogP contribution in [-0.4, -0.2) is 67.0 Å². The van der Waals surface area contributed by atoms with Gasteiger partial charge in [-0.05, 0) is 71.6 Å². The summed E-state index contributed by atoms with van der Waals surface area (Å²) in [6.45, 7) is 8.32. The predicted octanol–water partition coefficient (Wildman–Crippen LogP) is 1.81. The molecule has 2 fully saturated rings. The summed E-state index contributed by atoms with van der Waals surface area (Å²) in [6.07, 6.45) is 6.80. The van der Waals surface area contributed by atoms with Crippen LogP contribution in [0.15, 0.2) is 0 Å². The Labute approximate surface area is 146 Å². The molecule has 0 aromatic rings. The molecule has 0 aromatic heterocycles. The molecule has 0 aromatic carbocycles. The number of carbonyl (C=O) groups excluding carboxylic acids is 2. The third-order valence-electron chi connectivity index (χ3n) is 5.19. The smallest absolute Gasteiger partial charge is 0.321 e. The van der Waals surface area contributed by atoms with Crippen molar-refractivity contribution in [2.24, 2.45) is 5.92 Å². The van der Waals surface area contributed by atoms with Crippen molar-refractivity contribution in [3.8, 4) is 0 Å². The number of likely N-dealkylation sites (tertiary alicyclic amines) is 1. The first-order valence-electron chi connectivity index (χ1n) is 9.53. The summed E-state index contributed by atoms with van der Waals surface area (Å²) in [7, 11) is 2.20. The molecule has 1 heterocycles. The van der Waals surface area contributed by atoms with E-state index in [1.54, 1.807) is 0 Å². The Morgan fingerprint density at radius 1 is 1.21 bits per heavy atom. The van der Waals surface area contributed by atoms with Crippen LogP contribution >= 0.6 is 0 Å². The van der Waals surface area contributed by atoms with E-state index in [0.717, 1.165) is 51.2 Å². The average Bonchev–Trinajstić information content (AvgIpc) is 3.36. The molecular weight excluding hydrogens is 304 g/mol. The van der Waals surface area contributed by atoms with Crippen LogP contribution in [0.2, 0.25) is 0 Å². The molecule has 1 saturated heterocycles. The molecule has 138 valence electrons. The highest BCUT2D eigenvalue weighted by molar-refractivity contribution is 5.96. The van der Waals surface area contributed by atoms with Gasteiger partial charge in [0.2, 0.25) is 5.91 Å². The van der Waals surface area contributed by atoms with Gasteiger partial charge in [-0.25, -0.2) is 4.79 Å². The number of imide groups is 1. The van der Waals surface area contributed by atoms with Crippen molar-refractivity contribution in [3.63, 3.8) is 0 Å². The number of hydrogen-bond acceptors (Lipinski definition) is 4. The van der Waals surface area contributed by atoms with Crippen molar-refractivity contribution in [2.45, 2.75) is 64.5 Å². The van der Waals surface area contributed by atoms with E-state index < -0.39 is 0 Å². The number of urea groups is 1. The number of amides is 3. The minimum atomic E-state index is -0.346. The van der Waals surface area contributed by atoms with Gasteiger partial charge < -0.3 is 10.2 Å². The first-order valence-corrected chi connectivity index (χ1v) is 9.53. The van der Waals surface area contributed by atoms with Crippen LogP contribution in [-0.2, 0) is 4.79 Å². The van der Waals surface area contributed by atoms with Crippen molar-refractivity contribution >= 4 is 11.9 Å². The zero-order valence-electron chi connectivity index (χ0n) is 15.5. The van der Waals surface area contributed by atoms with Crippen LogP contribution in [0.4, 0.5) is 4.79 Å². The van der Waals surface area contributed by atoms with Crippen LogP contribution in [0, 0.1) is 5.92 Å². The van der Waals surface area contributed by atoms with Gasteiger partial charge in [-0.1, -0.05) is 13.3 Å². The van der Waals surface area contributed by atoms with Gasteiger partial charge >= 0.3 is 6.03 Å². The first kappa shape index (κ1) is 19.2. The quantitative estimate of drug-likeness (QED) is 0.708. The molecule has 2 aliphatic rings. The summed E-state index contributed by atoms with van der Waals surface area (Å²) in [6, 6.07) is -0.316. The summed E-state index contributed by atoms with van der Waals surface area (Å²) in [5.74, 6) is 0.531. The first-order chi connectivity index (χ1) is 11.5. The molecule has 24 heavy (non-hydrogen) atoms. The third kappa shape index (κ3) is 6.40. The number of rotatable bonds is 8. The Kier molecular flexibility index (Phi) is 7.49. The molecule has 3 amide bonds. The van der Waals surface area contributed by atoms with Gasteiger partial charge in [0.05, 0.1) is 6.04 Å². The van der Waals surface area contributed by atoms with E-state index >= 15 is 0 Å². The number of hydrogen-bond donors (Lipinski definition) is 2. The van der Waals surface area contributed by atoms with Gasteiger partial charge in [-0.15, -0.1) is 0 Å². The zero-order valence-corrected chi connectivity index (χ0v) is 15.5. The van der Waals surface area contributed by atoms with Gasteiger partial charge in [0, 0.05) is 12.6 Å². The third-order valence-corrected chi connectivity index (χ3v) is 5.19. The van der Waals surface area contributed by atoms with Crippen LogP contribution in [0.1, 0.15) is 52.4 Å².